The average molecular weight is 381 g/mol. The lowest BCUT2D eigenvalue weighted by Gasteiger charge is -2.28. The molecule has 27 heavy (non-hydrogen) atoms. The third-order valence-electron chi connectivity index (χ3n) is 5.24. The van der Waals surface area contributed by atoms with E-state index in [1.54, 1.807) is 0 Å². The summed E-state index contributed by atoms with van der Waals surface area (Å²) in [4.78, 5) is 15.0. The number of anilines is 1. The summed E-state index contributed by atoms with van der Waals surface area (Å²) in [5.74, 6) is 6.25. The van der Waals surface area contributed by atoms with Gasteiger partial charge in [-0.3, -0.25) is 4.79 Å². The average Bonchev–Trinajstić information content (AvgIpc) is 3.17. The van der Waals surface area contributed by atoms with Crippen molar-refractivity contribution in [2.45, 2.75) is 31.1 Å². The quantitative estimate of drug-likeness (QED) is 0.798. The molecular weight excluding hydrogens is 356 g/mol. The van der Waals surface area contributed by atoms with E-state index < -0.39 is 5.41 Å². The van der Waals surface area contributed by atoms with E-state index in [-0.39, 0.29) is 5.91 Å². The predicted octanol–water partition coefficient (Wildman–Crippen LogP) is 4.39. The van der Waals surface area contributed by atoms with Gasteiger partial charge in [-0.25, -0.2) is 0 Å². The molecule has 0 aliphatic heterocycles. The maximum Gasteiger partial charge on any atom is 0.231 e. The maximum atomic E-state index is 13.0. The molecular formula is C23H25ClN2O. The van der Waals surface area contributed by atoms with Gasteiger partial charge in [0.05, 0.1) is 12.0 Å². The topological polar surface area (TPSA) is 32.3 Å². The van der Waals surface area contributed by atoms with Gasteiger partial charge in [0.2, 0.25) is 5.91 Å². The van der Waals surface area contributed by atoms with Gasteiger partial charge in [0.25, 0.3) is 0 Å². The van der Waals surface area contributed by atoms with Gasteiger partial charge in [0, 0.05) is 30.4 Å². The summed E-state index contributed by atoms with van der Waals surface area (Å²) in [5.41, 5.74) is 2.69. The number of rotatable bonds is 4. The number of hydrogen-bond donors (Lipinski definition) is 1. The Kier molecular flexibility index (Phi) is 6.08. The monoisotopic (exact) mass is 380 g/mol. The molecule has 2 aromatic rings. The van der Waals surface area contributed by atoms with Crippen molar-refractivity contribution >= 4 is 23.2 Å². The highest BCUT2D eigenvalue weighted by atomic mass is 35.5. The molecule has 140 valence electrons. The molecule has 0 spiro atoms. The first-order chi connectivity index (χ1) is 13.0. The largest absolute Gasteiger partial charge is 0.378 e. The lowest BCUT2D eigenvalue weighted by atomic mass is 9.78. The Morgan fingerprint density at radius 2 is 1.70 bits per heavy atom. The predicted molar refractivity (Wildman–Crippen MR) is 112 cm³/mol. The molecule has 1 saturated carbocycles. The summed E-state index contributed by atoms with van der Waals surface area (Å²) in [7, 11) is 4.02. The third kappa shape index (κ3) is 4.46. The normalized spacial score (nSPS) is 14.9. The number of amides is 1. The Morgan fingerprint density at radius 1 is 1.07 bits per heavy atom. The van der Waals surface area contributed by atoms with Crippen molar-refractivity contribution in [1.82, 2.24) is 5.32 Å². The minimum Gasteiger partial charge on any atom is -0.378 e. The number of nitrogens with zero attached hydrogens (tertiary/aromatic N) is 1. The summed E-state index contributed by atoms with van der Waals surface area (Å²) in [5, 5.41) is 3.72. The summed E-state index contributed by atoms with van der Waals surface area (Å²) in [6.07, 6.45) is 3.89. The molecule has 0 atom stereocenters. The van der Waals surface area contributed by atoms with Crippen molar-refractivity contribution < 1.29 is 4.79 Å². The van der Waals surface area contributed by atoms with Crippen LogP contribution in [0.15, 0.2) is 48.5 Å². The van der Waals surface area contributed by atoms with Crippen LogP contribution < -0.4 is 10.2 Å². The zero-order valence-corrected chi connectivity index (χ0v) is 16.6. The summed E-state index contributed by atoms with van der Waals surface area (Å²) < 4.78 is 0. The highest BCUT2D eigenvalue weighted by molar-refractivity contribution is 6.30. The maximum absolute atomic E-state index is 13.0. The zero-order valence-electron chi connectivity index (χ0n) is 15.9. The number of carbonyl (C=O) groups is 1. The van der Waals surface area contributed by atoms with Gasteiger partial charge >= 0.3 is 0 Å². The standard InChI is InChI=1S/C23H25ClN2O/c1-26(2)21-13-7-18(8-14-21)6-5-17-25-22(27)23(15-3-4-16-23)19-9-11-20(24)12-10-19/h7-14H,3-4,15-17H2,1-2H3,(H,25,27). The van der Waals surface area contributed by atoms with E-state index in [2.05, 4.69) is 22.1 Å². The Bertz CT molecular complexity index is 839. The first kappa shape index (κ1) is 19.3. The second-order valence-corrected chi connectivity index (χ2v) is 7.66. The fraction of sp³-hybridized carbons (Fsp3) is 0.348. The first-order valence-electron chi connectivity index (χ1n) is 9.32. The SMILES string of the molecule is CN(C)c1ccc(C#CCNC(=O)C2(c3ccc(Cl)cc3)CCCC2)cc1. The molecule has 0 heterocycles. The number of hydrogen-bond acceptors (Lipinski definition) is 2. The molecule has 0 radical (unpaired) electrons. The molecule has 0 aromatic heterocycles. The summed E-state index contributed by atoms with van der Waals surface area (Å²) in [6, 6.07) is 15.7. The van der Waals surface area contributed by atoms with E-state index in [0.717, 1.165) is 42.5 Å². The van der Waals surface area contributed by atoms with Crippen molar-refractivity contribution in [2.75, 3.05) is 25.5 Å². The van der Waals surface area contributed by atoms with Crippen molar-refractivity contribution in [1.29, 1.82) is 0 Å². The van der Waals surface area contributed by atoms with E-state index in [1.165, 1.54) is 0 Å². The van der Waals surface area contributed by atoms with Gasteiger partial charge in [0.1, 0.15) is 0 Å². The van der Waals surface area contributed by atoms with Crippen LogP contribution in [0.4, 0.5) is 5.69 Å². The summed E-state index contributed by atoms with van der Waals surface area (Å²) in [6.45, 7) is 0.351. The van der Waals surface area contributed by atoms with Crippen LogP contribution in [0.3, 0.4) is 0 Å². The molecule has 3 nitrogen and oxygen atoms in total. The molecule has 3 rings (SSSR count). The fourth-order valence-corrected chi connectivity index (χ4v) is 3.80. The highest BCUT2D eigenvalue weighted by Gasteiger charge is 2.42. The van der Waals surface area contributed by atoms with Crippen LogP contribution in [-0.2, 0) is 10.2 Å². The van der Waals surface area contributed by atoms with E-state index in [9.17, 15) is 4.79 Å². The van der Waals surface area contributed by atoms with Gasteiger partial charge in [-0.2, -0.15) is 0 Å². The van der Waals surface area contributed by atoms with Gasteiger partial charge in [-0.15, -0.1) is 0 Å². The molecule has 0 bridgehead atoms. The Balaban J connectivity index is 1.65. The zero-order chi connectivity index (χ0) is 19.3. The number of carbonyl (C=O) groups excluding carboxylic acids is 1. The second-order valence-electron chi connectivity index (χ2n) is 7.22. The summed E-state index contributed by atoms with van der Waals surface area (Å²) >= 11 is 6.01. The smallest absolute Gasteiger partial charge is 0.231 e. The molecule has 0 saturated heterocycles. The van der Waals surface area contributed by atoms with Crippen molar-refractivity contribution in [3.05, 3.63) is 64.7 Å². The van der Waals surface area contributed by atoms with Crippen LogP contribution >= 0.6 is 11.6 Å². The molecule has 1 N–H and O–H groups in total. The van der Waals surface area contributed by atoms with Crippen LogP contribution in [0.25, 0.3) is 0 Å². The van der Waals surface area contributed by atoms with Gasteiger partial charge < -0.3 is 10.2 Å². The number of nitrogens with one attached hydrogen (secondary N) is 1. The Labute approximate surface area is 166 Å². The van der Waals surface area contributed by atoms with Gasteiger partial charge in [-0.1, -0.05) is 48.4 Å². The third-order valence-corrected chi connectivity index (χ3v) is 5.49. The van der Waals surface area contributed by atoms with Gasteiger partial charge in [0.15, 0.2) is 0 Å². The van der Waals surface area contributed by atoms with E-state index in [0.29, 0.717) is 11.6 Å². The van der Waals surface area contributed by atoms with Crippen LogP contribution in [0.1, 0.15) is 36.8 Å². The fourth-order valence-electron chi connectivity index (χ4n) is 3.68. The molecule has 1 aliphatic carbocycles. The van der Waals surface area contributed by atoms with E-state index >= 15 is 0 Å². The Morgan fingerprint density at radius 3 is 2.30 bits per heavy atom. The van der Waals surface area contributed by atoms with Crippen LogP contribution in [0, 0.1) is 11.8 Å². The first-order valence-corrected chi connectivity index (χ1v) is 9.70. The van der Waals surface area contributed by atoms with E-state index in [4.69, 9.17) is 11.6 Å². The highest BCUT2D eigenvalue weighted by Crippen LogP contribution is 2.41. The Hall–Kier alpha value is -2.44. The molecule has 0 unspecified atom stereocenters. The molecule has 1 aliphatic rings. The van der Waals surface area contributed by atoms with Crippen LogP contribution in [-0.4, -0.2) is 26.5 Å². The lowest BCUT2D eigenvalue weighted by Crippen LogP contribution is -2.42. The van der Waals surface area contributed by atoms with E-state index in [1.807, 2.05) is 62.6 Å². The number of halogens is 1. The minimum atomic E-state index is -0.445. The number of benzene rings is 2. The minimum absolute atomic E-state index is 0.0691. The second kappa shape index (κ2) is 8.50. The lowest BCUT2D eigenvalue weighted by molar-refractivity contribution is -0.126. The van der Waals surface area contributed by atoms with Crippen molar-refractivity contribution in [3.63, 3.8) is 0 Å². The van der Waals surface area contributed by atoms with Crippen LogP contribution in [0.5, 0.6) is 0 Å². The molecule has 1 fully saturated rings. The van der Waals surface area contributed by atoms with Gasteiger partial charge in [-0.05, 0) is 54.8 Å². The molecule has 4 heteroatoms. The molecule has 1 amide bonds. The van der Waals surface area contributed by atoms with Crippen LogP contribution in [0.2, 0.25) is 5.02 Å². The molecule has 2 aromatic carbocycles. The van der Waals surface area contributed by atoms with Crippen molar-refractivity contribution in [2.24, 2.45) is 0 Å². The van der Waals surface area contributed by atoms with Crippen molar-refractivity contribution in [3.8, 4) is 11.8 Å².